The summed E-state index contributed by atoms with van der Waals surface area (Å²) in [4.78, 5) is 26.6. The fraction of sp³-hybridized carbons (Fsp3) is 0.333. The van der Waals surface area contributed by atoms with Crippen molar-refractivity contribution in [3.63, 3.8) is 0 Å². The highest BCUT2D eigenvalue weighted by molar-refractivity contribution is 5.95. The van der Waals surface area contributed by atoms with Crippen LogP contribution in [0.2, 0.25) is 0 Å². The Morgan fingerprint density at radius 1 is 1.10 bits per heavy atom. The predicted molar refractivity (Wildman–Crippen MR) is 105 cm³/mol. The van der Waals surface area contributed by atoms with Gasteiger partial charge in [-0.1, -0.05) is 0 Å². The Morgan fingerprint density at radius 2 is 1.80 bits per heavy atom. The molecule has 9 heteroatoms. The molecule has 6 nitrogen and oxygen atoms in total. The van der Waals surface area contributed by atoms with Crippen LogP contribution < -0.4 is 10.6 Å². The Balaban J connectivity index is 1.71. The Hall–Kier alpha value is -3.07. The van der Waals surface area contributed by atoms with E-state index < -0.39 is 34.9 Å². The van der Waals surface area contributed by atoms with E-state index in [0.29, 0.717) is 26.0 Å². The molecule has 3 amide bonds. The van der Waals surface area contributed by atoms with Crippen LogP contribution in [0.15, 0.2) is 42.5 Å². The zero-order chi connectivity index (χ0) is 21.7. The molecule has 1 atom stereocenters. The van der Waals surface area contributed by atoms with E-state index >= 15 is 0 Å². The van der Waals surface area contributed by atoms with Gasteiger partial charge in [-0.05, 0) is 49.2 Å². The van der Waals surface area contributed by atoms with E-state index in [1.165, 1.54) is 36.3 Å². The average molecular weight is 421 g/mol. The fourth-order valence-electron chi connectivity index (χ4n) is 3.41. The number of urea groups is 1. The third kappa shape index (κ3) is 5.10. The van der Waals surface area contributed by atoms with Crippen molar-refractivity contribution in [1.82, 2.24) is 10.2 Å². The number of nitrogens with one attached hydrogen (secondary N) is 2. The maximum absolute atomic E-state index is 13.8. The van der Waals surface area contributed by atoms with Crippen molar-refractivity contribution in [3.8, 4) is 0 Å². The monoisotopic (exact) mass is 421 g/mol. The van der Waals surface area contributed by atoms with Crippen LogP contribution in [-0.2, 0) is 4.74 Å². The summed E-state index contributed by atoms with van der Waals surface area (Å²) >= 11 is 0. The van der Waals surface area contributed by atoms with E-state index in [0.717, 1.165) is 18.2 Å². The Kier molecular flexibility index (Phi) is 6.61. The van der Waals surface area contributed by atoms with Crippen molar-refractivity contribution >= 4 is 17.6 Å². The summed E-state index contributed by atoms with van der Waals surface area (Å²) in [5.74, 6) is -2.27. The van der Waals surface area contributed by atoms with Gasteiger partial charge in [0.1, 0.15) is 17.5 Å². The smallest absolute Gasteiger partial charge is 0.322 e. The number of halogens is 3. The molecule has 1 aliphatic rings. The molecular formula is C21H22F3N3O3. The Morgan fingerprint density at radius 3 is 2.50 bits per heavy atom. The normalized spacial score (nSPS) is 18.3. The summed E-state index contributed by atoms with van der Waals surface area (Å²) in [5.41, 5.74) is -0.734. The molecule has 1 saturated heterocycles. The van der Waals surface area contributed by atoms with Crippen molar-refractivity contribution in [2.75, 3.05) is 32.1 Å². The average Bonchev–Trinajstić information content (AvgIpc) is 3.14. The van der Waals surface area contributed by atoms with Crippen molar-refractivity contribution in [2.45, 2.75) is 18.4 Å². The number of benzene rings is 2. The molecule has 30 heavy (non-hydrogen) atoms. The van der Waals surface area contributed by atoms with Crippen LogP contribution in [0.1, 0.15) is 23.2 Å². The van der Waals surface area contributed by atoms with Crippen molar-refractivity contribution < 1.29 is 27.5 Å². The van der Waals surface area contributed by atoms with E-state index in [1.54, 1.807) is 0 Å². The summed E-state index contributed by atoms with van der Waals surface area (Å²) in [6, 6.07) is 7.33. The van der Waals surface area contributed by atoms with Gasteiger partial charge in [0.2, 0.25) is 0 Å². The van der Waals surface area contributed by atoms with Crippen LogP contribution in [0.25, 0.3) is 0 Å². The molecule has 0 bridgehead atoms. The number of rotatable bonds is 6. The van der Waals surface area contributed by atoms with Gasteiger partial charge in [0.25, 0.3) is 5.91 Å². The highest BCUT2D eigenvalue weighted by atomic mass is 19.1. The van der Waals surface area contributed by atoms with E-state index in [-0.39, 0.29) is 17.8 Å². The first kappa shape index (κ1) is 21.6. The van der Waals surface area contributed by atoms with Gasteiger partial charge >= 0.3 is 6.03 Å². The number of amides is 3. The molecular weight excluding hydrogens is 399 g/mol. The molecule has 2 aromatic carbocycles. The largest absolute Gasteiger partial charge is 0.385 e. The first-order chi connectivity index (χ1) is 14.3. The molecule has 160 valence electrons. The van der Waals surface area contributed by atoms with E-state index in [9.17, 15) is 22.8 Å². The molecule has 0 aromatic heterocycles. The summed E-state index contributed by atoms with van der Waals surface area (Å²) in [5, 5.41) is 5.30. The molecule has 0 aliphatic carbocycles. The highest BCUT2D eigenvalue weighted by Gasteiger charge is 2.41. The number of anilines is 1. The molecule has 0 spiro atoms. The highest BCUT2D eigenvalue weighted by Crippen LogP contribution is 2.27. The lowest BCUT2D eigenvalue weighted by Gasteiger charge is -2.30. The number of ether oxygens (including phenoxy) is 1. The van der Waals surface area contributed by atoms with Crippen molar-refractivity contribution in [3.05, 3.63) is 65.5 Å². The van der Waals surface area contributed by atoms with Crippen LogP contribution >= 0.6 is 0 Å². The van der Waals surface area contributed by atoms with Crippen LogP contribution in [-0.4, -0.2) is 49.2 Å². The van der Waals surface area contributed by atoms with E-state index in [1.807, 2.05) is 0 Å². The minimum Gasteiger partial charge on any atom is -0.385 e. The van der Waals surface area contributed by atoms with Gasteiger partial charge in [0.05, 0.1) is 11.2 Å². The summed E-state index contributed by atoms with van der Waals surface area (Å²) in [6.45, 7) is 0.805. The second-order valence-corrected chi connectivity index (χ2v) is 7.21. The van der Waals surface area contributed by atoms with Gasteiger partial charge in [-0.25, -0.2) is 18.0 Å². The van der Waals surface area contributed by atoms with E-state index in [2.05, 4.69) is 10.6 Å². The second-order valence-electron chi connectivity index (χ2n) is 7.21. The number of nitrogens with zero attached hydrogens (tertiary/aromatic N) is 1. The number of hydrogen-bond acceptors (Lipinski definition) is 3. The molecule has 0 saturated carbocycles. The molecule has 1 unspecified atom stereocenters. The fourth-order valence-corrected chi connectivity index (χ4v) is 3.41. The van der Waals surface area contributed by atoms with Crippen LogP contribution in [0.5, 0.6) is 0 Å². The van der Waals surface area contributed by atoms with Gasteiger partial charge in [0, 0.05) is 38.4 Å². The third-order valence-corrected chi connectivity index (χ3v) is 5.08. The van der Waals surface area contributed by atoms with Gasteiger partial charge in [-0.2, -0.15) is 0 Å². The van der Waals surface area contributed by atoms with Gasteiger partial charge in [0.15, 0.2) is 0 Å². The maximum atomic E-state index is 13.8. The summed E-state index contributed by atoms with van der Waals surface area (Å²) < 4.78 is 45.4. The van der Waals surface area contributed by atoms with Crippen LogP contribution in [0.4, 0.5) is 23.7 Å². The number of methoxy groups -OCH3 is 1. The minimum absolute atomic E-state index is 0.159. The third-order valence-electron chi connectivity index (χ3n) is 5.08. The molecule has 2 N–H and O–H groups in total. The Labute approximate surface area is 172 Å². The standard InChI is InChI=1S/C21H22F3N3O3/c1-30-11-9-21(26-19(28)14-2-4-15(22)5-3-14)8-10-27(13-21)20(29)25-18-12-16(23)6-7-17(18)24/h2-7,12H,8-11,13H2,1H3,(H,25,29)(H,26,28). The number of carbonyl (C=O) groups excluding carboxylic acids is 2. The van der Waals surface area contributed by atoms with Gasteiger partial charge in [-0.3, -0.25) is 4.79 Å². The van der Waals surface area contributed by atoms with Gasteiger partial charge in [-0.15, -0.1) is 0 Å². The molecule has 0 radical (unpaired) electrons. The lowest BCUT2D eigenvalue weighted by Crippen LogP contribution is -2.52. The van der Waals surface area contributed by atoms with Gasteiger partial charge < -0.3 is 20.3 Å². The Bertz CT molecular complexity index is 923. The number of hydrogen-bond donors (Lipinski definition) is 2. The zero-order valence-electron chi connectivity index (χ0n) is 16.4. The SMILES string of the molecule is COCCC1(NC(=O)c2ccc(F)cc2)CCN(C(=O)Nc2cc(F)ccc2F)C1. The molecule has 2 aromatic rings. The molecule has 3 rings (SSSR count). The summed E-state index contributed by atoms with van der Waals surface area (Å²) in [7, 11) is 1.53. The second kappa shape index (κ2) is 9.17. The predicted octanol–water partition coefficient (Wildman–Crippen LogP) is 3.55. The molecule has 1 aliphatic heterocycles. The topological polar surface area (TPSA) is 70.7 Å². The van der Waals surface area contributed by atoms with Crippen molar-refractivity contribution in [1.29, 1.82) is 0 Å². The lowest BCUT2D eigenvalue weighted by atomic mass is 9.94. The zero-order valence-corrected chi connectivity index (χ0v) is 16.4. The first-order valence-corrected chi connectivity index (χ1v) is 9.40. The quantitative estimate of drug-likeness (QED) is 0.750. The first-order valence-electron chi connectivity index (χ1n) is 9.40. The lowest BCUT2D eigenvalue weighted by molar-refractivity contribution is 0.0867. The maximum Gasteiger partial charge on any atom is 0.322 e. The molecule has 1 heterocycles. The molecule has 1 fully saturated rings. The van der Waals surface area contributed by atoms with Crippen LogP contribution in [0, 0.1) is 17.5 Å². The minimum atomic E-state index is -0.765. The van der Waals surface area contributed by atoms with Crippen molar-refractivity contribution in [2.24, 2.45) is 0 Å². The number of carbonyl (C=O) groups is 2. The van der Waals surface area contributed by atoms with E-state index in [4.69, 9.17) is 4.74 Å². The number of likely N-dealkylation sites (tertiary alicyclic amines) is 1. The summed E-state index contributed by atoms with van der Waals surface area (Å²) in [6.07, 6.45) is 0.886. The van der Waals surface area contributed by atoms with Crippen LogP contribution in [0.3, 0.4) is 0 Å².